The third-order valence-electron chi connectivity index (χ3n) is 4.36. The third-order valence-corrected chi connectivity index (χ3v) is 4.69. The van der Waals surface area contributed by atoms with E-state index in [0.29, 0.717) is 42.3 Å². The molecule has 0 spiro atoms. The lowest BCUT2D eigenvalue weighted by atomic mass is 10.0. The second kappa shape index (κ2) is 8.72. The van der Waals surface area contributed by atoms with Gasteiger partial charge in [-0.05, 0) is 37.1 Å². The topological polar surface area (TPSA) is 58.6 Å². The number of carbonyl (C=O) groups excluding carboxylic acids is 2. The molecule has 0 saturated carbocycles. The van der Waals surface area contributed by atoms with Crippen LogP contribution >= 0.6 is 11.6 Å². The van der Waals surface area contributed by atoms with Gasteiger partial charge in [-0.2, -0.15) is 0 Å². The minimum absolute atomic E-state index is 0.0111. The molecule has 3 rings (SSSR count). The molecule has 0 aliphatic carbocycles. The minimum atomic E-state index is -0.148. The van der Waals surface area contributed by atoms with Crippen LogP contribution < -0.4 is 10.1 Å². The Morgan fingerprint density at radius 2 is 1.69 bits per heavy atom. The first-order chi connectivity index (χ1) is 12.6. The van der Waals surface area contributed by atoms with E-state index >= 15 is 0 Å². The number of halogens is 1. The number of benzene rings is 2. The lowest BCUT2D eigenvalue weighted by Crippen LogP contribution is -2.47. The van der Waals surface area contributed by atoms with Gasteiger partial charge in [0, 0.05) is 19.1 Å². The molecule has 136 valence electrons. The lowest BCUT2D eigenvalue weighted by Gasteiger charge is -2.32. The molecule has 5 nitrogen and oxygen atoms in total. The molecule has 2 amide bonds. The van der Waals surface area contributed by atoms with E-state index in [1.165, 1.54) is 0 Å². The fourth-order valence-corrected chi connectivity index (χ4v) is 3.18. The molecule has 0 atom stereocenters. The largest absolute Gasteiger partial charge is 0.484 e. The molecule has 1 aliphatic heterocycles. The van der Waals surface area contributed by atoms with Gasteiger partial charge in [0.05, 0.1) is 10.6 Å². The summed E-state index contributed by atoms with van der Waals surface area (Å²) in [6, 6.07) is 16.4. The zero-order valence-corrected chi connectivity index (χ0v) is 15.1. The van der Waals surface area contributed by atoms with Crippen LogP contribution in [0.5, 0.6) is 5.75 Å². The molecule has 1 heterocycles. The molecule has 0 radical (unpaired) electrons. The number of ether oxygens (including phenoxy) is 1. The number of piperidine rings is 1. The Bertz CT molecular complexity index is 759. The van der Waals surface area contributed by atoms with Gasteiger partial charge in [0.15, 0.2) is 6.61 Å². The summed E-state index contributed by atoms with van der Waals surface area (Å²) in [6.45, 7) is 1.17. The molecule has 1 fully saturated rings. The number of nitrogens with zero attached hydrogens (tertiary/aromatic N) is 1. The zero-order chi connectivity index (χ0) is 18.4. The quantitative estimate of drug-likeness (QED) is 0.877. The maximum atomic E-state index is 12.5. The first kappa shape index (κ1) is 18.3. The molecule has 26 heavy (non-hydrogen) atoms. The number of hydrogen-bond acceptors (Lipinski definition) is 3. The highest BCUT2D eigenvalue weighted by Crippen LogP contribution is 2.20. The van der Waals surface area contributed by atoms with Crippen molar-refractivity contribution in [3.05, 3.63) is 65.2 Å². The first-order valence-corrected chi connectivity index (χ1v) is 9.02. The predicted molar refractivity (Wildman–Crippen MR) is 100 cm³/mol. The van der Waals surface area contributed by atoms with Gasteiger partial charge < -0.3 is 15.0 Å². The van der Waals surface area contributed by atoms with Crippen LogP contribution in [0.4, 0.5) is 0 Å². The summed E-state index contributed by atoms with van der Waals surface area (Å²) in [5, 5.41) is 3.44. The molecule has 1 N–H and O–H groups in total. The van der Waals surface area contributed by atoms with Gasteiger partial charge >= 0.3 is 0 Å². The monoisotopic (exact) mass is 372 g/mol. The summed E-state index contributed by atoms with van der Waals surface area (Å²) in [7, 11) is 0. The van der Waals surface area contributed by atoms with E-state index < -0.39 is 0 Å². The lowest BCUT2D eigenvalue weighted by molar-refractivity contribution is -0.124. The number of carbonyl (C=O) groups is 2. The van der Waals surface area contributed by atoms with Crippen LogP contribution in [0.15, 0.2) is 54.6 Å². The van der Waals surface area contributed by atoms with Crippen molar-refractivity contribution < 1.29 is 14.3 Å². The second-order valence-electron chi connectivity index (χ2n) is 6.22. The van der Waals surface area contributed by atoms with Gasteiger partial charge in [-0.15, -0.1) is 0 Å². The van der Waals surface area contributed by atoms with Crippen molar-refractivity contribution in [1.82, 2.24) is 10.2 Å². The molecule has 6 heteroatoms. The Morgan fingerprint density at radius 3 is 2.38 bits per heavy atom. The fraction of sp³-hybridized carbons (Fsp3) is 0.300. The number of amides is 2. The molecule has 2 aromatic carbocycles. The summed E-state index contributed by atoms with van der Waals surface area (Å²) in [4.78, 5) is 26.4. The maximum absolute atomic E-state index is 12.5. The summed E-state index contributed by atoms with van der Waals surface area (Å²) >= 11 is 6.10. The zero-order valence-electron chi connectivity index (χ0n) is 14.4. The molecule has 0 bridgehead atoms. The SMILES string of the molecule is O=C(COc1ccccc1)NC1CCN(C(=O)c2ccccc2Cl)CC1. The van der Waals surface area contributed by atoms with Crippen molar-refractivity contribution in [2.24, 2.45) is 0 Å². The molecular weight excluding hydrogens is 352 g/mol. The van der Waals surface area contributed by atoms with Crippen molar-refractivity contribution >= 4 is 23.4 Å². The summed E-state index contributed by atoms with van der Waals surface area (Å²) in [5.41, 5.74) is 0.521. The van der Waals surface area contributed by atoms with Gasteiger partial charge in [0.1, 0.15) is 5.75 Å². The van der Waals surface area contributed by atoms with E-state index in [-0.39, 0.29) is 24.5 Å². The Hall–Kier alpha value is -2.53. The van der Waals surface area contributed by atoms with Crippen LogP contribution in [0.1, 0.15) is 23.2 Å². The number of likely N-dealkylation sites (tertiary alicyclic amines) is 1. The van der Waals surface area contributed by atoms with Crippen molar-refractivity contribution in [2.45, 2.75) is 18.9 Å². The maximum Gasteiger partial charge on any atom is 0.258 e. The summed E-state index contributed by atoms with van der Waals surface area (Å²) in [6.07, 6.45) is 1.43. The minimum Gasteiger partial charge on any atom is -0.484 e. The third kappa shape index (κ3) is 4.76. The van der Waals surface area contributed by atoms with E-state index in [2.05, 4.69) is 5.32 Å². The first-order valence-electron chi connectivity index (χ1n) is 8.64. The standard InChI is InChI=1S/C20H21ClN2O3/c21-18-9-5-4-8-17(18)20(25)23-12-10-15(11-13-23)22-19(24)14-26-16-6-2-1-3-7-16/h1-9,15H,10-14H2,(H,22,24). The van der Waals surface area contributed by atoms with Gasteiger partial charge in [-0.1, -0.05) is 41.9 Å². The Balaban J connectivity index is 1.44. The summed E-state index contributed by atoms with van der Waals surface area (Å²) < 4.78 is 5.45. The van der Waals surface area contributed by atoms with Crippen LogP contribution in [0.2, 0.25) is 5.02 Å². The molecule has 0 unspecified atom stereocenters. The molecule has 2 aromatic rings. The molecule has 0 aromatic heterocycles. The Morgan fingerprint density at radius 1 is 1.04 bits per heavy atom. The average molecular weight is 373 g/mol. The predicted octanol–water partition coefficient (Wildman–Crippen LogP) is 3.14. The van der Waals surface area contributed by atoms with E-state index in [4.69, 9.17) is 16.3 Å². The fourth-order valence-electron chi connectivity index (χ4n) is 2.97. The highest BCUT2D eigenvalue weighted by molar-refractivity contribution is 6.33. The number of rotatable bonds is 5. The van der Waals surface area contributed by atoms with Crippen molar-refractivity contribution in [2.75, 3.05) is 19.7 Å². The molecule has 1 aliphatic rings. The summed E-state index contributed by atoms with van der Waals surface area (Å²) in [5.74, 6) is 0.459. The van der Waals surface area contributed by atoms with E-state index in [1.54, 1.807) is 29.2 Å². The molecule has 1 saturated heterocycles. The van der Waals surface area contributed by atoms with E-state index in [1.807, 2.05) is 30.3 Å². The average Bonchev–Trinajstić information content (AvgIpc) is 2.68. The number of hydrogen-bond donors (Lipinski definition) is 1. The highest BCUT2D eigenvalue weighted by Gasteiger charge is 2.25. The van der Waals surface area contributed by atoms with Crippen LogP contribution in [-0.4, -0.2) is 42.5 Å². The van der Waals surface area contributed by atoms with Crippen molar-refractivity contribution in [1.29, 1.82) is 0 Å². The normalized spacial score (nSPS) is 14.7. The van der Waals surface area contributed by atoms with Crippen LogP contribution in [0, 0.1) is 0 Å². The van der Waals surface area contributed by atoms with E-state index in [9.17, 15) is 9.59 Å². The smallest absolute Gasteiger partial charge is 0.258 e. The number of nitrogens with one attached hydrogen (secondary N) is 1. The highest BCUT2D eigenvalue weighted by atomic mass is 35.5. The number of para-hydroxylation sites is 1. The van der Waals surface area contributed by atoms with Crippen LogP contribution in [-0.2, 0) is 4.79 Å². The second-order valence-corrected chi connectivity index (χ2v) is 6.62. The Labute approximate surface area is 157 Å². The van der Waals surface area contributed by atoms with Gasteiger partial charge in [0.2, 0.25) is 0 Å². The van der Waals surface area contributed by atoms with Gasteiger partial charge in [-0.3, -0.25) is 9.59 Å². The Kier molecular flexibility index (Phi) is 6.12. The van der Waals surface area contributed by atoms with Gasteiger partial charge in [-0.25, -0.2) is 0 Å². The molecular formula is C20H21ClN2O3. The van der Waals surface area contributed by atoms with Crippen LogP contribution in [0.3, 0.4) is 0 Å². The van der Waals surface area contributed by atoms with E-state index in [0.717, 1.165) is 0 Å². The van der Waals surface area contributed by atoms with Crippen molar-refractivity contribution in [3.63, 3.8) is 0 Å². The van der Waals surface area contributed by atoms with Crippen LogP contribution in [0.25, 0.3) is 0 Å². The van der Waals surface area contributed by atoms with Gasteiger partial charge in [0.25, 0.3) is 11.8 Å². The van der Waals surface area contributed by atoms with Crippen molar-refractivity contribution in [3.8, 4) is 5.75 Å².